The molecule has 0 amide bonds. The normalized spacial score (nSPS) is 13.2. The number of halogens is 2. The number of hydrogen-bond donors (Lipinski definition) is 1. The van der Waals surface area contributed by atoms with Gasteiger partial charge in [-0.1, -0.05) is 54.2 Å². The summed E-state index contributed by atoms with van der Waals surface area (Å²) in [5, 5.41) is 10.8. The summed E-state index contributed by atoms with van der Waals surface area (Å²) in [7, 11) is 0. The number of hydrogen-bond acceptors (Lipinski definition) is 1. The van der Waals surface area contributed by atoms with Gasteiger partial charge in [0.15, 0.2) is 0 Å². The number of rotatable bonds is 4. The van der Waals surface area contributed by atoms with Crippen molar-refractivity contribution < 1.29 is 5.11 Å². The molecule has 84 valence electrons. The lowest BCUT2D eigenvalue weighted by atomic mass is 9.91. The van der Waals surface area contributed by atoms with Crippen LogP contribution in [0.15, 0.2) is 22.7 Å². The molecule has 0 spiro atoms. The summed E-state index contributed by atoms with van der Waals surface area (Å²) >= 11 is 9.32. The van der Waals surface area contributed by atoms with E-state index in [0.29, 0.717) is 10.9 Å². The molecule has 1 N–H and O–H groups in total. The molecule has 0 fully saturated rings. The topological polar surface area (TPSA) is 20.2 Å². The molecule has 1 atom stereocenters. The van der Waals surface area contributed by atoms with Gasteiger partial charge in [0.1, 0.15) is 0 Å². The Labute approximate surface area is 105 Å². The van der Waals surface area contributed by atoms with Crippen molar-refractivity contribution in [2.45, 2.75) is 32.8 Å². The van der Waals surface area contributed by atoms with Crippen LogP contribution in [0.1, 0.15) is 38.4 Å². The Bertz CT molecular complexity index is 303. The van der Waals surface area contributed by atoms with Crippen LogP contribution in [0.2, 0.25) is 5.02 Å². The van der Waals surface area contributed by atoms with E-state index in [2.05, 4.69) is 29.8 Å². The molecule has 0 aliphatic heterocycles. The smallest absolute Gasteiger partial charge is 0.0818 e. The van der Waals surface area contributed by atoms with E-state index >= 15 is 0 Å². The molecule has 0 saturated heterocycles. The van der Waals surface area contributed by atoms with E-state index in [1.807, 2.05) is 18.2 Å². The zero-order valence-electron chi connectivity index (χ0n) is 9.00. The van der Waals surface area contributed by atoms with Crippen LogP contribution < -0.4 is 0 Å². The molecule has 3 heteroatoms. The summed E-state index contributed by atoms with van der Waals surface area (Å²) in [6, 6.07) is 5.58. The molecule has 1 rings (SSSR count). The predicted octanol–water partition coefficient (Wildman–Crippen LogP) is 4.57. The Balaban J connectivity index is 2.94. The van der Waals surface area contributed by atoms with Crippen LogP contribution in [0.4, 0.5) is 0 Å². The minimum Gasteiger partial charge on any atom is -0.388 e. The first-order valence-electron chi connectivity index (χ1n) is 5.22. The van der Waals surface area contributed by atoms with E-state index in [9.17, 15) is 5.11 Å². The molecule has 0 saturated carbocycles. The highest BCUT2D eigenvalue weighted by atomic mass is 79.9. The molecule has 0 aromatic heterocycles. The Morgan fingerprint density at radius 2 is 1.87 bits per heavy atom. The van der Waals surface area contributed by atoms with E-state index < -0.39 is 6.10 Å². The standard InChI is InChI=1S/C12H16BrClO/c1-3-8(4-2)12(15)9-5-10(13)7-11(14)6-9/h5-8,12,15H,3-4H2,1-2H3. The van der Waals surface area contributed by atoms with Gasteiger partial charge >= 0.3 is 0 Å². The van der Waals surface area contributed by atoms with Crippen molar-refractivity contribution in [2.24, 2.45) is 5.92 Å². The van der Waals surface area contributed by atoms with Gasteiger partial charge < -0.3 is 5.11 Å². The van der Waals surface area contributed by atoms with Gasteiger partial charge in [-0.15, -0.1) is 0 Å². The van der Waals surface area contributed by atoms with E-state index in [4.69, 9.17) is 11.6 Å². The number of aliphatic hydroxyl groups is 1. The fraction of sp³-hybridized carbons (Fsp3) is 0.500. The van der Waals surface area contributed by atoms with Gasteiger partial charge in [-0.05, 0) is 29.7 Å². The first-order valence-corrected chi connectivity index (χ1v) is 6.39. The monoisotopic (exact) mass is 290 g/mol. The maximum absolute atomic E-state index is 10.1. The maximum Gasteiger partial charge on any atom is 0.0818 e. The lowest BCUT2D eigenvalue weighted by Gasteiger charge is -2.20. The Kier molecular flexibility index (Phi) is 5.10. The zero-order valence-corrected chi connectivity index (χ0v) is 11.3. The molecular weight excluding hydrogens is 275 g/mol. The van der Waals surface area contributed by atoms with Gasteiger partial charge in [-0.3, -0.25) is 0 Å². The lowest BCUT2D eigenvalue weighted by molar-refractivity contribution is 0.103. The lowest BCUT2D eigenvalue weighted by Crippen LogP contribution is -2.10. The summed E-state index contributed by atoms with van der Waals surface area (Å²) in [4.78, 5) is 0. The van der Waals surface area contributed by atoms with Crippen LogP contribution in [-0.4, -0.2) is 5.11 Å². The SMILES string of the molecule is CCC(CC)C(O)c1cc(Cl)cc(Br)c1. The van der Waals surface area contributed by atoms with Gasteiger partial charge in [0.2, 0.25) is 0 Å². The third kappa shape index (κ3) is 3.47. The first-order chi connectivity index (χ1) is 7.08. The summed E-state index contributed by atoms with van der Waals surface area (Å²) < 4.78 is 0.912. The van der Waals surface area contributed by atoms with Crippen molar-refractivity contribution in [1.29, 1.82) is 0 Å². The molecule has 1 aromatic carbocycles. The molecule has 0 heterocycles. The van der Waals surface area contributed by atoms with Crippen LogP contribution in [0.25, 0.3) is 0 Å². The van der Waals surface area contributed by atoms with Crippen molar-refractivity contribution in [3.05, 3.63) is 33.3 Å². The summed E-state index contributed by atoms with van der Waals surface area (Å²) in [5.74, 6) is 0.301. The van der Waals surface area contributed by atoms with Gasteiger partial charge in [-0.25, -0.2) is 0 Å². The third-order valence-electron chi connectivity index (χ3n) is 2.72. The highest BCUT2D eigenvalue weighted by Gasteiger charge is 2.18. The molecule has 1 aromatic rings. The quantitative estimate of drug-likeness (QED) is 0.861. The Morgan fingerprint density at radius 3 is 2.33 bits per heavy atom. The van der Waals surface area contributed by atoms with Crippen LogP contribution in [0.3, 0.4) is 0 Å². The van der Waals surface area contributed by atoms with Crippen LogP contribution in [0.5, 0.6) is 0 Å². The highest BCUT2D eigenvalue weighted by molar-refractivity contribution is 9.10. The third-order valence-corrected chi connectivity index (χ3v) is 3.40. The van der Waals surface area contributed by atoms with Gasteiger partial charge in [0.05, 0.1) is 6.10 Å². The molecule has 1 unspecified atom stereocenters. The van der Waals surface area contributed by atoms with E-state index in [0.717, 1.165) is 22.9 Å². The molecule has 1 nitrogen and oxygen atoms in total. The van der Waals surface area contributed by atoms with Gasteiger partial charge in [0.25, 0.3) is 0 Å². The van der Waals surface area contributed by atoms with Crippen LogP contribution >= 0.6 is 27.5 Å². The Hall–Kier alpha value is -0.0500. The molecule has 0 bridgehead atoms. The van der Waals surface area contributed by atoms with Crippen LogP contribution in [0, 0.1) is 5.92 Å². The zero-order chi connectivity index (χ0) is 11.4. The molecule has 0 aliphatic carbocycles. The van der Waals surface area contributed by atoms with Crippen molar-refractivity contribution in [1.82, 2.24) is 0 Å². The minimum atomic E-state index is -0.421. The Morgan fingerprint density at radius 1 is 1.27 bits per heavy atom. The highest BCUT2D eigenvalue weighted by Crippen LogP contribution is 2.30. The second-order valence-corrected chi connectivity index (χ2v) is 5.08. The fourth-order valence-corrected chi connectivity index (χ4v) is 2.64. The number of benzene rings is 1. The molecule has 15 heavy (non-hydrogen) atoms. The average molecular weight is 292 g/mol. The second-order valence-electron chi connectivity index (χ2n) is 3.72. The fourth-order valence-electron chi connectivity index (χ4n) is 1.75. The maximum atomic E-state index is 10.1. The van der Waals surface area contributed by atoms with E-state index in [1.165, 1.54) is 0 Å². The largest absolute Gasteiger partial charge is 0.388 e. The van der Waals surface area contributed by atoms with Crippen LogP contribution in [-0.2, 0) is 0 Å². The van der Waals surface area contributed by atoms with Crippen molar-refractivity contribution in [3.8, 4) is 0 Å². The molecule has 0 radical (unpaired) electrons. The average Bonchev–Trinajstić information content (AvgIpc) is 2.18. The summed E-state index contributed by atoms with van der Waals surface area (Å²) in [5.41, 5.74) is 0.892. The second kappa shape index (κ2) is 5.88. The van der Waals surface area contributed by atoms with Crippen molar-refractivity contribution in [2.75, 3.05) is 0 Å². The van der Waals surface area contributed by atoms with Crippen molar-refractivity contribution >= 4 is 27.5 Å². The number of aliphatic hydroxyl groups excluding tert-OH is 1. The summed E-state index contributed by atoms with van der Waals surface area (Å²) in [6.45, 7) is 4.19. The molecular formula is C12H16BrClO. The molecule has 0 aliphatic rings. The first kappa shape index (κ1) is 13.0. The predicted molar refractivity (Wildman–Crippen MR) is 68.2 cm³/mol. The van der Waals surface area contributed by atoms with E-state index in [-0.39, 0.29) is 0 Å². The van der Waals surface area contributed by atoms with Gasteiger partial charge in [0, 0.05) is 9.50 Å². The van der Waals surface area contributed by atoms with E-state index in [1.54, 1.807) is 0 Å². The summed E-state index contributed by atoms with van der Waals surface area (Å²) in [6.07, 6.45) is 1.53. The van der Waals surface area contributed by atoms with Gasteiger partial charge in [-0.2, -0.15) is 0 Å². The minimum absolute atomic E-state index is 0.301. The van der Waals surface area contributed by atoms with Crippen molar-refractivity contribution in [3.63, 3.8) is 0 Å².